The van der Waals surface area contributed by atoms with Crippen LogP contribution in [0.15, 0.2) is 11.0 Å². The molecule has 0 saturated carbocycles. The van der Waals surface area contributed by atoms with Crippen LogP contribution in [-0.4, -0.2) is 33.8 Å². The molecule has 1 N–H and O–H groups in total. The minimum absolute atomic E-state index is 0.0765. The van der Waals surface area contributed by atoms with Crippen LogP contribution in [0.4, 0.5) is 5.95 Å². The number of aromatic amines is 1. The van der Waals surface area contributed by atoms with Crippen molar-refractivity contribution in [1.82, 2.24) is 15.0 Å². The van der Waals surface area contributed by atoms with Crippen molar-refractivity contribution in [3.63, 3.8) is 0 Å². The summed E-state index contributed by atoms with van der Waals surface area (Å²) in [6.07, 6.45) is 6.31. The van der Waals surface area contributed by atoms with Gasteiger partial charge in [-0.05, 0) is 37.2 Å². The average molecular weight is 312 g/mol. The summed E-state index contributed by atoms with van der Waals surface area (Å²) in [5.41, 5.74) is 1.68. The number of carbonyl (C=O) groups is 1. The molecule has 0 bridgehead atoms. The Bertz CT molecular complexity index is 836. The molecule has 6 heteroatoms. The molecule has 4 rings (SSSR count). The highest BCUT2D eigenvalue weighted by atomic mass is 16.1. The van der Waals surface area contributed by atoms with E-state index in [-0.39, 0.29) is 17.3 Å². The lowest BCUT2D eigenvalue weighted by Gasteiger charge is -2.27. The molecule has 0 spiro atoms. The second kappa shape index (κ2) is 5.44. The van der Waals surface area contributed by atoms with Crippen LogP contribution in [0.5, 0.6) is 0 Å². The minimum atomic E-state index is -0.179. The molecule has 2 aromatic heterocycles. The Balaban J connectivity index is 1.87. The van der Waals surface area contributed by atoms with Crippen LogP contribution in [0.3, 0.4) is 0 Å². The van der Waals surface area contributed by atoms with Gasteiger partial charge in [0.25, 0.3) is 5.56 Å². The zero-order valence-corrected chi connectivity index (χ0v) is 13.3. The van der Waals surface area contributed by atoms with Crippen LogP contribution in [-0.2, 0) is 6.42 Å². The summed E-state index contributed by atoms with van der Waals surface area (Å²) in [7, 11) is 0. The van der Waals surface area contributed by atoms with Crippen molar-refractivity contribution in [2.45, 2.75) is 39.0 Å². The Morgan fingerprint density at radius 3 is 2.74 bits per heavy atom. The molecule has 23 heavy (non-hydrogen) atoms. The first-order valence-electron chi connectivity index (χ1n) is 8.33. The molecular weight excluding hydrogens is 292 g/mol. The first-order chi connectivity index (χ1) is 11.1. The van der Waals surface area contributed by atoms with E-state index in [4.69, 9.17) is 0 Å². The van der Waals surface area contributed by atoms with Gasteiger partial charge in [-0.3, -0.25) is 14.6 Å². The van der Waals surface area contributed by atoms with Gasteiger partial charge in [0, 0.05) is 31.3 Å². The standard InChI is InChI=1S/C17H20N4O2/c1-10-7-11-12(13(22)8-10)9-18-15-14(11)16(23)20-17(19-15)21-5-3-2-4-6-21/h9-10H,2-8H2,1H3,(H,18,19,20,23)/t10-/m1/s1. The number of ketones is 1. The zero-order valence-electron chi connectivity index (χ0n) is 13.3. The molecule has 3 heterocycles. The number of aromatic nitrogens is 3. The number of Topliss-reactive ketones (excluding diaryl/α,β-unsaturated/α-hetero) is 1. The number of nitrogens with zero attached hydrogens (tertiary/aromatic N) is 3. The smallest absolute Gasteiger partial charge is 0.262 e. The zero-order chi connectivity index (χ0) is 16.0. The number of anilines is 1. The molecule has 0 aromatic carbocycles. The van der Waals surface area contributed by atoms with Crippen molar-refractivity contribution in [2.75, 3.05) is 18.0 Å². The highest BCUT2D eigenvalue weighted by molar-refractivity contribution is 6.02. The fourth-order valence-electron chi connectivity index (χ4n) is 3.71. The van der Waals surface area contributed by atoms with E-state index < -0.39 is 0 Å². The number of H-pyrrole nitrogens is 1. The highest BCUT2D eigenvalue weighted by Crippen LogP contribution is 2.28. The number of fused-ring (bicyclic) bond motifs is 3. The maximum atomic E-state index is 12.7. The molecular formula is C17H20N4O2. The lowest BCUT2D eigenvalue weighted by atomic mass is 9.84. The van der Waals surface area contributed by atoms with Crippen molar-refractivity contribution >= 4 is 22.8 Å². The van der Waals surface area contributed by atoms with Crippen LogP contribution >= 0.6 is 0 Å². The van der Waals surface area contributed by atoms with E-state index in [1.165, 1.54) is 6.42 Å². The molecule has 0 amide bonds. The van der Waals surface area contributed by atoms with Gasteiger partial charge in [-0.25, -0.2) is 4.98 Å². The topological polar surface area (TPSA) is 79.0 Å². The molecule has 6 nitrogen and oxygen atoms in total. The van der Waals surface area contributed by atoms with Gasteiger partial charge in [0.1, 0.15) is 0 Å². The second-order valence-corrected chi connectivity index (χ2v) is 6.72. The summed E-state index contributed by atoms with van der Waals surface area (Å²) in [5, 5.41) is 0.489. The van der Waals surface area contributed by atoms with Gasteiger partial charge in [-0.2, -0.15) is 4.98 Å². The van der Waals surface area contributed by atoms with Crippen molar-refractivity contribution in [3.05, 3.63) is 27.7 Å². The van der Waals surface area contributed by atoms with E-state index >= 15 is 0 Å². The fourth-order valence-corrected chi connectivity index (χ4v) is 3.71. The largest absolute Gasteiger partial charge is 0.342 e. The van der Waals surface area contributed by atoms with Crippen LogP contribution in [0, 0.1) is 5.92 Å². The first kappa shape index (κ1) is 14.4. The third-order valence-corrected chi connectivity index (χ3v) is 4.87. The summed E-state index contributed by atoms with van der Waals surface area (Å²) in [6, 6.07) is 0. The quantitative estimate of drug-likeness (QED) is 0.872. The van der Waals surface area contributed by atoms with Gasteiger partial charge >= 0.3 is 0 Å². The van der Waals surface area contributed by atoms with E-state index in [1.807, 2.05) is 6.92 Å². The van der Waals surface area contributed by atoms with Gasteiger partial charge in [0.2, 0.25) is 5.95 Å². The van der Waals surface area contributed by atoms with Crippen molar-refractivity contribution < 1.29 is 4.79 Å². The number of piperidine rings is 1. The van der Waals surface area contributed by atoms with Crippen molar-refractivity contribution in [3.8, 4) is 0 Å². The second-order valence-electron chi connectivity index (χ2n) is 6.72. The van der Waals surface area contributed by atoms with Gasteiger partial charge < -0.3 is 4.90 Å². The van der Waals surface area contributed by atoms with Crippen LogP contribution in [0.2, 0.25) is 0 Å². The van der Waals surface area contributed by atoms with Gasteiger partial charge in [0.05, 0.1) is 5.39 Å². The molecule has 0 unspecified atom stereocenters. The third-order valence-electron chi connectivity index (χ3n) is 4.87. The number of pyridine rings is 1. The van der Waals surface area contributed by atoms with Crippen molar-refractivity contribution in [1.29, 1.82) is 0 Å². The Hall–Kier alpha value is -2.24. The predicted molar refractivity (Wildman–Crippen MR) is 88.0 cm³/mol. The first-order valence-corrected chi connectivity index (χ1v) is 8.33. The molecule has 120 valence electrons. The summed E-state index contributed by atoms with van der Waals surface area (Å²) < 4.78 is 0. The monoisotopic (exact) mass is 312 g/mol. The molecule has 2 aliphatic rings. The molecule has 1 atom stereocenters. The summed E-state index contributed by atoms with van der Waals surface area (Å²) >= 11 is 0. The Morgan fingerprint density at radius 2 is 1.96 bits per heavy atom. The maximum absolute atomic E-state index is 12.7. The minimum Gasteiger partial charge on any atom is -0.342 e. The third kappa shape index (κ3) is 2.42. The number of rotatable bonds is 1. The number of hydrogen-bond donors (Lipinski definition) is 1. The molecule has 1 saturated heterocycles. The van der Waals surface area contributed by atoms with Crippen LogP contribution < -0.4 is 10.5 Å². The van der Waals surface area contributed by atoms with E-state index in [0.717, 1.165) is 37.9 Å². The average Bonchev–Trinajstić information content (AvgIpc) is 2.54. The molecule has 2 aromatic rings. The Morgan fingerprint density at radius 1 is 1.17 bits per heavy atom. The predicted octanol–water partition coefficient (Wildman–Crippen LogP) is 2.07. The Kier molecular flexibility index (Phi) is 3.39. The summed E-state index contributed by atoms with van der Waals surface area (Å²) in [5.74, 6) is 0.930. The normalized spacial score (nSPS) is 21.5. The molecule has 1 aliphatic carbocycles. The number of hydrogen-bond acceptors (Lipinski definition) is 5. The van der Waals surface area contributed by atoms with Crippen LogP contribution in [0.25, 0.3) is 11.0 Å². The van der Waals surface area contributed by atoms with Crippen molar-refractivity contribution in [2.24, 2.45) is 5.92 Å². The SMILES string of the molecule is C[C@H]1CC(=O)c2cnc3nc(N4CCCCC4)[nH]c(=O)c3c2C1. The molecule has 1 aliphatic heterocycles. The van der Waals surface area contributed by atoms with E-state index in [0.29, 0.717) is 29.0 Å². The molecule has 0 radical (unpaired) electrons. The highest BCUT2D eigenvalue weighted by Gasteiger charge is 2.26. The summed E-state index contributed by atoms with van der Waals surface area (Å²) in [6.45, 7) is 3.86. The van der Waals surface area contributed by atoms with E-state index in [9.17, 15) is 9.59 Å². The van der Waals surface area contributed by atoms with Crippen LogP contribution in [0.1, 0.15) is 48.5 Å². The number of nitrogens with one attached hydrogen (secondary N) is 1. The van der Waals surface area contributed by atoms with Gasteiger partial charge in [-0.15, -0.1) is 0 Å². The fraction of sp³-hybridized carbons (Fsp3) is 0.529. The van der Waals surface area contributed by atoms with E-state index in [2.05, 4.69) is 19.9 Å². The van der Waals surface area contributed by atoms with Gasteiger partial charge in [0.15, 0.2) is 11.4 Å². The maximum Gasteiger partial charge on any atom is 0.262 e. The number of carbonyl (C=O) groups excluding carboxylic acids is 1. The Labute approximate surface area is 133 Å². The van der Waals surface area contributed by atoms with Gasteiger partial charge in [-0.1, -0.05) is 6.92 Å². The van der Waals surface area contributed by atoms with E-state index in [1.54, 1.807) is 6.20 Å². The lowest BCUT2D eigenvalue weighted by molar-refractivity contribution is 0.0953. The molecule has 1 fully saturated rings. The lowest BCUT2D eigenvalue weighted by Crippen LogP contribution is -2.33. The summed E-state index contributed by atoms with van der Waals surface area (Å²) in [4.78, 5) is 38.7.